The summed E-state index contributed by atoms with van der Waals surface area (Å²) in [5.74, 6) is -1.08. The summed E-state index contributed by atoms with van der Waals surface area (Å²) in [6, 6.07) is 0. The number of hydrogen-bond donors (Lipinski definition) is 0. The number of ether oxygens (including phenoxy) is 1. The third kappa shape index (κ3) is 1.08. The number of nitrogens with zero attached hydrogens (tertiary/aromatic N) is 1. The van der Waals surface area contributed by atoms with Gasteiger partial charge in [-0.3, -0.25) is 9.59 Å². The fourth-order valence-corrected chi connectivity index (χ4v) is 0.652. The van der Waals surface area contributed by atoms with Crippen LogP contribution >= 0.6 is 0 Å². The van der Waals surface area contributed by atoms with Gasteiger partial charge in [0.05, 0.1) is 6.42 Å². The molecule has 5 heteroatoms. The van der Waals surface area contributed by atoms with Crippen LogP contribution in [0.15, 0.2) is 0 Å². The van der Waals surface area contributed by atoms with Crippen LogP contribution in [0.25, 0.3) is 0 Å². The first-order valence-corrected chi connectivity index (χ1v) is 2.77. The lowest BCUT2D eigenvalue weighted by atomic mass is 10.2. The van der Waals surface area contributed by atoms with Gasteiger partial charge in [0, 0.05) is 6.92 Å². The highest BCUT2D eigenvalue weighted by atomic mass is 16.6. The predicted octanol–water partition coefficient (Wildman–Crippen LogP) is -0.394. The molecule has 1 atom stereocenters. The third-order valence-electron chi connectivity index (χ3n) is 1.16. The smallest absolute Gasteiger partial charge is 0.304 e. The van der Waals surface area contributed by atoms with E-state index >= 15 is 0 Å². The topological polar surface area (TPSA) is 69.7 Å². The molecule has 1 aliphatic heterocycles. The van der Waals surface area contributed by atoms with Crippen molar-refractivity contribution in [1.82, 2.24) is 5.06 Å². The highest BCUT2D eigenvalue weighted by Crippen LogP contribution is 2.17. The molecular formula is C5H6NO4-. The first kappa shape index (κ1) is 7.01. The summed E-state index contributed by atoms with van der Waals surface area (Å²) in [5.41, 5.74) is 0. The molecule has 0 N–H and O–H groups in total. The zero-order valence-electron chi connectivity index (χ0n) is 5.36. The monoisotopic (exact) mass is 144 g/mol. The minimum absolute atomic E-state index is 0.0169. The molecule has 0 radical (unpaired) electrons. The van der Waals surface area contributed by atoms with Gasteiger partial charge >= 0.3 is 5.97 Å². The maximum absolute atomic E-state index is 10.4. The lowest BCUT2D eigenvalue weighted by molar-refractivity contribution is -0.175. The van der Waals surface area contributed by atoms with Crippen molar-refractivity contribution in [2.75, 3.05) is 0 Å². The van der Waals surface area contributed by atoms with E-state index in [1.165, 1.54) is 6.92 Å². The Morgan fingerprint density at radius 1 is 1.90 bits per heavy atom. The zero-order valence-corrected chi connectivity index (χ0v) is 5.36. The largest absolute Gasteiger partial charge is 0.754 e. The molecule has 0 aromatic heterocycles. The summed E-state index contributed by atoms with van der Waals surface area (Å²) in [4.78, 5) is 20.4. The van der Waals surface area contributed by atoms with Crippen LogP contribution in [0.3, 0.4) is 0 Å². The van der Waals surface area contributed by atoms with Crippen LogP contribution in [0, 0.1) is 5.21 Å². The second-order valence-corrected chi connectivity index (χ2v) is 1.99. The van der Waals surface area contributed by atoms with Gasteiger partial charge in [-0.25, -0.2) is 0 Å². The van der Waals surface area contributed by atoms with Crippen molar-refractivity contribution in [3.63, 3.8) is 0 Å². The van der Waals surface area contributed by atoms with Gasteiger partial charge in [0.2, 0.25) is 5.91 Å². The number of amides is 1. The molecule has 56 valence electrons. The summed E-state index contributed by atoms with van der Waals surface area (Å²) in [5, 5.41) is 10.5. The van der Waals surface area contributed by atoms with E-state index in [2.05, 4.69) is 4.74 Å². The molecule has 0 saturated carbocycles. The van der Waals surface area contributed by atoms with Gasteiger partial charge in [0.1, 0.15) is 0 Å². The summed E-state index contributed by atoms with van der Waals surface area (Å²) < 4.78 is 4.42. The fraction of sp³-hybridized carbons (Fsp3) is 0.600. The van der Waals surface area contributed by atoms with Gasteiger partial charge in [-0.2, -0.15) is 0 Å². The van der Waals surface area contributed by atoms with Crippen LogP contribution in [0.2, 0.25) is 0 Å². The van der Waals surface area contributed by atoms with Crippen LogP contribution in [0.1, 0.15) is 13.3 Å². The van der Waals surface area contributed by atoms with E-state index in [1.807, 2.05) is 0 Å². The van der Waals surface area contributed by atoms with E-state index in [0.29, 0.717) is 0 Å². The summed E-state index contributed by atoms with van der Waals surface area (Å²) >= 11 is 0. The quantitative estimate of drug-likeness (QED) is 0.371. The molecule has 1 fully saturated rings. The molecule has 5 nitrogen and oxygen atoms in total. The van der Waals surface area contributed by atoms with Gasteiger partial charge in [0.15, 0.2) is 6.23 Å². The van der Waals surface area contributed by atoms with Crippen molar-refractivity contribution < 1.29 is 14.3 Å². The first-order chi connectivity index (χ1) is 4.61. The Bertz CT molecular complexity index is 178. The highest BCUT2D eigenvalue weighted by Gasteiger charge is 2.31. The molecule has 1 heterocycles. The van der Waals surface area contributed by atoms with Gasteiger partial charge in [-0.05, 0) is 0 Å². The van der Waals surface area contributed by atoms with Crippen molar-refractivity contribution in [1.29, 1.82) is 0 Å². The number of carbonyl (C=O) groups is 2. The van der Waals surface area contributed by atoms with E-state index in [4.69, 9.17) is 0 Å². The normalized spacial score (nSPS) is 24.0. The van der Waals surface area contributed by atoms with Gasteiger partial charge in [-0.15, -0.1) is 0 Å². The van der Waals surface area contributed by atoms with Crippen LogP contribution in [-0.2, 0) is 14.3 Å². The average molecular weight is 144 g/mol. The van der Waals surface area contributed by atoms with E-state index in [1.54, 1.807) is 0 Å². The Kier molecular flexibility index (Phi) is 1.58. The van der Waals surface area contributed by atoms with Crippen molar-refractivity contribution in [3.8, 4) is 0 Å². The molecule has 1 rings (SSSR count). The lowest BCUT2D eigenvalue weighted by Gasteiger charge is -2.43. The second-order valence-electron chi connectivity index (χ2n) is 1.99. The molecule has 0 aromatic carbocycles. The van der Waals surface area contributed by atoms with Crippen molar-refractivity contribution in [2.24, 2.45) is 0 Å². The Balaban J connectivity index is 2.34. The zero-order chi connectivity index (χ0) is 7.72. The maximum atomic E-state index is 10.4. The summed E-state index contributed by atoms with van der Waals surface area (Å²) in [7, 11) is 0. The molecule has 1 amide bonds. The minimum atomic E-state index is -0.870. The van der Waals surface area contributed by atoms with Crippen LogP contribution < -0.4 is 0 Å². The van der Waals surface area contributed by atoms with E-state index in [0.717, 1.165) is 0 Å². The SMILES string of the molecule is CC(=O)OC1CC(=O)N1[O-]. The molecule has 0 aliphatic carbocycles. The Hall–Kier alpha value is -1.10. The van der Waals surface area contributed by atoms with Gasteiger partial charge < -0.3 is 15.0 Å². The molecular weight excluding hydrogens is 138 g/mol. The number of rotatable bonds is 1. The van der Waals surface area contributed by atoms with Gasteiger partial charge in [0.25, 0.3) is 0 Å². The van der Waals surface area contributed by atoms with Crippen LogP contribution in [0.4, 0.5) is 0 Å². The Labute approximate surface area is 57.1 Å². The highest BCUT2D eigenvalue weighted by molar-refractivity contribution is 5.83. The molecule has 0 spiro atoms. The van der Waals surface area contributed by atoms with Crippen molar-refractivity contribution >= 4 is 11.9 Å². The van der Waals surface area contributed by atoms with Crippen LogP contribution in [0.5, 0.6) is 0 Å². The summed E-state index contributed by atoms with van der Waals surface area (Å²) in [6.45, 7) is 1.19. The molecule has 1 unspecified atom stereocenters. The van der Waals surface area contributed by atoms with Crippen LogP contribution in [-0.4, -0.2) is 23.2 Å². The second kappa shape index (κ2) is 2.26. The third-order valence-corrected chi connectivity index (χ3v) is 1.16. The Morgan fingerprint density at radius 3 is 2.80 bits per heavy atom. The van der Waals surface area contributed by atoms with E-state index in [9.17, 15) is 14.8 Å². The Morgan fingerprint density at radius 2 is 2.50 bits per heavy atom. The molecule has 0 aromatic rings. The molecule has 0 bridgehead atoms. The number of hydrogen-bond acceptors (Lipinski definition) is 4. The number of carbonyl (C=O) groups excluding carboxylic acids is 2. The minimum Gasteiger partial charge on any atom is -0.754 e. The fourth-order valence-electron chi connectivity index (χ4n) is 0.652. The number of hydroxylamine groups is 2. The maximum Gasteiger partial charge on any atom is 0.304 e. The molecule has 1 saturated heterocycles. The summed E-state index contributed by atoms with van der Waals surface area (Å²) in [6.07, 6.45) is -0.853. The van der Waals surface area contributed by atoms with Crippen molar-refractivity contribution in [2.45, 2.75) is 19.6 Å². The standard InChI is InChI=1S/C5H6NO4/c1-3(7)10-5-2-4(8)6(5)9/h5H,2H2,1H3/q-1. The lowest BCUT2D eigenvalue weighted by Crippen LogP contribution is -2.50. The van der Waals surface area contributed by atoms with E-state index < -0.39 is 18.1 Å². The number of β-lactam (4-membered cyclic amide) rings is 1. The number of esters is 1. The average Bonchev–Trinajstić information content (AvgIpc) is 1.86. The first-order valence-electron chi connectivity index (χ1n) is 2.77. The van der Waals surface area contributed by atoms with Gasteiger partial charge in [-0.1, -0.05) is 0 Å². The molecule has 1 aliphatic rings. The molecule has 10 heavy (non-hydrogen) atoms. The predicted molar refractivity (Wildman–Crippen MR) is 30.4 cm³/mol. The van der Waals surface area contributed by atoms with Crippen molar-refractivity contribution in [3.05, 3.63) is 5.21 Å². The van der Waals surface area contributed by atoms with E-state index in [-0.39, 0.29) is 11.5 Å².